The maximum atomic E-state index is 11.7. The van der Waals surface area contributed by atoms with Crippen molar-refractivity contribution in [3.05, 3.63) is 33.4 Å². The average molecular weight is 348 g/mol. The predicted octanol–water partition coefficient (Wildman–Crippen LogP) is 2.95. The molecule has 0 radical (unpaired) electrons. The lowest BCUT2D eigenvalue weighted by molar-refractivity contribution is 0.254. The molecular formula is C19H29N3OS. The topological polar surface area (TPSA) is 28.5 Å². The van der Waals surface area contributed by atoms with E-state index < -0.39 is 0 Å². The fraction of sp³-hybridized carbons (Fsp3) is 0.632. The highest BCUT2D eigenvalue weighted by molar-refractivity contribution is 7.16. The van der Waals surface area contributed by atoms with E-state index in [0.717, 1.165) is 16.6 Å². The molecular weight excluding hydrogens is 318 g/mol. The summed E-state index contributed by atoms with van der Waals surface area (Å²) in [5, 5.41) is 0. The molecule has 0 bridgehead atoms. The van der Waals surface area contributed by atoms with Crippen molar-refractivity contribution in [2.45, 2.75) is 32.1 Å². The van der Waals surface area contributed by atoms with Crippen LogP contribution in [0.25, 0.3) is 10.2 Å². The SMILES string of the molecule is CN(CCCCc1ccc2c(c1)sc(=O)n2C)CCN1CCCC1. The smallest absolute Gasteiger partial charge is 0.305 e. The maximum absolute atomic E-state index is 11.7. The zero-order chi connectivity index (χ0) is 16.9. The molecule has 1 saturated heterocycles. The van der Waals surface area contributed by atoms with E-state index in [1.165, 1.54) is 75.3 Å². The highest BCUT2D eigenvalue weighted by atomic mass is 32.1. The molecule has 2 heterocycles. The highest BCUT2D eigenvalue weighted by Gasteiger charge is 2.11. The van der Waals surface area contributed by atoms with Gasteiger partial charge in [0.2, 0.25) is 0 Å². The van der Waals surface area contributed by atoms with Crippen LogP contribution < -0.4 is 4.87 Å². The van der Waals surface area contributed by atoms with Crippen LogP contribution in [0.4, 0.5) is 0 Å². The number of aryl methyl sites for hydroxylation is 2. The van der Waals surface area contributed by atoms with Gasteiger partial charge in [-0.15, -0.1) is 0 Å². The van der Waals surface area contributed by atoms with Crippen molar-refractivity contribution in [1.29, 1.82) is 0 Å². The lowest BCUT2D eigenvalue weighted by atomic mass is 10.1. The Hall–Kier alpha value is -1.17. The molecule has 4 nitrogen and oxygen atoms in total. The number of hydrogen-bond donors (Lipinski definition) is 0. The second-order valence-corrected chi connectivity index (χ2v) is 8.03. The Bertz CT molecular complexity index is 715. The Labute approximate surface area is 148 Å². The minimum atomic E-state index is 0.127. The molecule has 2 aromatic rings. The van der Waals surface area contributed by atoms with Gasteiger partial charge in [0.25, 0.3) is 0 Å². The second-order valence-electron chi connectivity index (χ2n) is 7.04. The summed E-state index contributed by atoms with van der Waals surface area (Å²) in [5.74, 6) is 0. The molecule has 0 atom stereocenters. The molecule has 0 amide bonds. The Kier molecular flexibility index (Phi) is 6.09. The van der Waals surface area contributed by atoms with E-state index in [1.807, 2.05) is 7.05 Å². The fourth-order valence-corrected chi connectivity index (χ4v) is 4.42. The number of likely N-dealkylation sites (tertiary alicyclic amines) is 1. The molecule has 0 saturated carbocycles. The first-order valence-corrected chi connectivity index (χ1v) is 9.94. The van der Waals surface area contributed by atoms with Crippen molar-refractivity contribution < 1.29 is 0 Å². The van der Waals surface area contributed by atoms with Crippen LogP contribution in [0.5, 0.6) is 0 Å². The molecule has 5 heteroatoms. The van der Waals surface area contributed by atoms with Crippen LogP contribution in [0.3, 0.4) is 0 Å². The van der Waals surface area contributed by atoms with Gasteiger partial charge < -0.3 is 14.4 Å². The van der Waals surface area contributed by atoms with Crippen LogP contribution in [0.2, 0.25) is 0 Å². The third-order valence-corrected chi connectivity index (χ3v) is 6.10. The molecule has 1 aromatic carbocycles. The van der Waals surface area contributed by atoms with Crippen LogP contribution in [0, 0.1) is 0 Å². The summed E-state index contributed by atoms with van der Waals surface area (Å²) >= 11 is 1.35. The Morgan fingerprint density at radius 2 is 1.96 bits per heavy atom. The normalized spacial score (nSPS) is 15.8. The Balaban J connectivity index is 1.39. The van der Waals surface area contributed by atoms with E-state index in [4.69, 9.17) is 0 Å². The van der Waals surface area contributed by atoms with Gasteiger partial charge in [0, 0.05) is 20.1 Å². The van der Waals surface area contributed by atoms with Crippen molar-refractivity contribution >= 4 is 21.6 Å². The zero-order valence-electron chi connectivity index (χ0n) is 15.0. The molecule has 3 rings (SSSR count). The molecule has 0 aliphatic carbocycles. The van der Waals surface area contributed by atoms with E-state index in [9.17, 15) is 4.79 Å². The van der Waals surface area contributed by atoms with Crippen LogP contribution in [-0.2, 0) is 13.5 Å². The highest BCUT2D eigenvalue weighted by Crippen LogP contribution is 2.19. The first kappa shape index (κ1) is 17.6. The largest absolute Gasteiger partial charge is 0.307 e. The third-order valence-electron chi connectivity index (χ3n) is 5.11. The van der Waals surface area contributed by atoms with Crippen LogP contribution in [0.15, 0.2) is 23.0 Å². The molecule has 0 spiro atoms. The number of unbranched alkanes of at least 4 members (excludes halogenated alkanes) is 1. The van der Waals surface area contributed by atoms with Crippen LogP contribution >= 0.6 is 11.3 Å². The summed E-state index contributed by atoms with van der Waals surface area (Å²) in [6.45, 7) is 6.17. The molecule has 1 aliphatic rings. The monoisotopic (exact) mass is 347 g/mol. The standard InChI is InChI=1S/C19H29N3OS/c1-20(13-14-22-11-5-6-12-22)10-4-3-7-16-8-9-17-18(15-16)24-19(23)21(17)2/h8-9,15H,3-7,10-14H2,1-2H3. The van der Waals surface area contributed by atoms with Gasteiger partial charge in [-0.3, -0.25) is 4.79 Å². The predicted molar refractivity (Wildman–Crippen MR) is 103 cm³/mol. The van der Waals surface area contributed by atoms with Crippen molar-refractivity contribution in [2.75, 3.05) is 39.8 Å². The van der Waals surface area contributed by atoms with Crippen molar-refractivity contribution in [3.63, 3.8) is 0 Å². The van der Waals surface area contributed by atoms with E-state index in [1.54, 1.807) is 4.57 Å². The molecule has 132 valence electrons. The second kappa shape index (κ2) is 8.28. The third kappa shape index (κ3) is 4.47. The van der Waals surface area contributed by atoms with E-state index in [0.29, 0.717) is 0 Å². The molecule has 0 unspecified atom stereocenters. The summed E-state index contributed by atoms with van der Waals surface area (Å²) < 4.78 is 2.85. The summed E-state index contributed by atoms with van der Waals surface area (Å²) in [5.41, 5.74) is 2.40. The summed E-state index contributed by atoms with van der Waals surface area (Å²) in [6.07, 6.45) is 6.31. The van der Waals surface area contributed by atoms with E-state index in [-0.39, 0.29) is 4.87 Å². The molecule has 24 heavy (non-hydrogen) atoms. The van der Waals surface area contributed by atoms with Crippen LogP contribution in [0.1, 0.15) is 31.2 Å². The van der Waals surface area contributed by atoms with Crippen molar-refractivity contribution in [3.8, 4) is 0 Å². The summed E-state index contributed by atoms with van der Waals surface area (Å²) in [4.78, 5) is 16.9. The summed E-state index contributed by atoms with van der Waals surface area (Å²) in [7, 11) is 4.09. The lowest BCUT2D eigenvalue weighted by Gasteiger charge is -2.21. The van der Waals surface area contributed by atoms with Gasteiger partial charge >= 0.3 is 4.87 Å². The zero-order valence-corrected chi connectivity index (χ0v) is 15.8. The minimum absolute atomic E-state index is 0.127. The van der Waals surface area contributed by atoms with Gasteiger partial charge in [-0.25, -0.2) is 0 Å². The number of fused-ring (bicyclic) bond motifs is 1. The number of nitrogens with zero attached hydrogens (tertiary/aromatic N) is 3. The number of aromatic nitrogens is 1. The first-order chi connectivity index (χ1) is 11.6. The Morgan fingerprint density at radius 3 is 2.75 bits per heavy atom. The van der Waals surface area contributed by atoms with Gasteiger partial charge in [-0.1, -0.05) is 17.4 Å². The molecule has 1 fully saturated rings. The van der Waals surface area contributed by atoms with Crippen molar-refractivity contribution in [2.24, 2.45) is 7.05 Å². The quantitative estimate of drug-likeness (QED) is 0.688. The Morgan fingerprint density at radius 1 is 1.17 bits per heavy atom. The lowest BCUT2D eigenvalue weighted by Crippen LogP contribution is -2.32. The van der Waals surface area contributed by atoms with Gasteiger partial charge in [0.1, 0.15) is 0 Å². The van der Waals surface area contributed by atoms with Gasteiger partial charge in [-0.2, -0.15) is 0 Å². The maximum Gasteiger partial charge on any atom is 0.307 e. The van der Waals surface area contributed by atoms with E-state index >= 15 is 0 Å². The van der Waals surface area contributed by atoms with Gasteiger partial charge in [-0.05, 0) is 76.5 Å². The molecule has 1 aliphatic heterocycles. The number of rotatable bonds is 8. The summed E-state index contributed by atoms with van der Waals surface area (Å²) in [6, 6.07) is 6.45. The first-order valence-electron chi connectivity index (χ1n) is 9.13. The number of benzene rings is 1. The number of likely N-dealkylation sites (N-methyl/N-ethyl adjacent to an activating group) is 1. The van der Waals surface area contributed by atoms with Crippen LogP contribution in [-0.4, -0.2) is 54.1 Å². The number of hydrogen-bond acceptors (Lipinski definition) is 4. The average Bonchev–Trinajstić information content (AvgIpc) is 3.18. The van der Waals surface area contributed by atoms with E-state index in [2.05, 4.69) is 35.0 Å². The molecule has 0 N–H and O–H groups in total. The molecule has 1 aromatic heterocycles. The fourth-order valence-electron chi connectivity index (χ4n) is 3.47. The minimum Gasteiger partial charge on any atom is -0.305 e. The van der Waals surface area contributed by atoms with Gasteiger partial charge in [0.05, 0.1) is 10.2 Å². The number of thiazole rings is 1. The van der Waals surface area contributed by atoms with Gasteiger partial charge in [0.15, 0.2) is 0 Å². The van der Waals surface area contributed by atoms with Crippen molar-refractivity contribution in [1.82, 2.24) is 14.4 Å².